The van der Waals surface area contributed by atoms with Gasteiger partial charge < -0.3 is 10.5 Å². The summed E-state index contributed by atoms with van der Waals surface area (Å²) in [7, 11) is 0. The summed E-state index contributed by atoms with van der Waals surface area (Å²) in [5, 5.41) is 0. The van der Waals surface area contributed by atoms with E-state index in [0.717, 1.165) is 12.1 Å². The van der Waals surface area contributed by atoms with Crippen molar-refractivity contribution in [3.05, 3.63) is 51.5 Å². The molecule has 1 heterocycles. The molecule has 2 rings (SSSR count). The number of thiazole rings is 1. The summed E-state index contributed by atoms with van der Waals surface area (Å²) in [6, 6.07) is 8.24. The minimum Gasteiger partial charge on any atom is -0.372 e. The molecule has 4 heteroatoms. The Bertz CT molecular complexity index is 524. The van der Waals surface area contributed by atoms with Gasteiger partial charge in [-0.2, -0.15) is 0 Å². The fraction of sp³-hybridized carbons (Fsp3) is 0.400. The molecule has 0 aliphatic carbocycles. The van der Waals surface area contributed by atoms with Gasteiger partial charge in [-0.25, -0.2) is 4.98 Å². The molecule has 2 aromatic rings. The normalized spacial score (nSPS) is 12.6. The molecule has 19 heavy (non-hydrogen) atoms. The highest BCUT2D eigenvalue weighted by molar-refractivity contribution is 7.09. The van der Waals surface area contributed by atoms with Gasteiger partial charge in [-0.1, -0.05) is 24.3 Å². The smallest absolute Gasteiger partial charge is 0.0949 e. The van der Waals surface area contributed by atoms with Crippen molar-refractivity contribution in [2.24, 2.45) is 5.73 Å². The third-order valence-electron chi connectivity index (χ3n) is 3.24. The average Bonchev–Trinajstić information content (AvgIpc) is 2.82. The van der Waals surface area contributed by atoms with Crippen LogP contribution in [-0.4, -0.2) is 18.1 Å². The lowest BCUT2D eigenvalue weighted by atomic mass is 10.0. The van der Waals surface area contributed by atoms with Crippen molar-refractivity contribution in [2.75, 3.05) is 13.2 Å². The number of nitrogens with zero attached hydrogens (tertiary/aromatic N) is 1. The molecule has 3 nitrogen and oxygen atoms in total. The first kappa shape index (κ1) is 14.2. The monoisotopic (exact) mass is 276 g/mol. The Kier molecular flexibility index (Phi) is 5.07. The maximum atomic E-state index is 5.94. The molecule has 1 aromatic heterocycles. The summed E-state index contributed by atoms with van der Waals surface area (Å²) in [5.74, 6) is 0. The predicted molar refractivity (Wildman–Crippen MR) is 79.5 cm³/mol. The summed E-state index contributed by atoms with van der Waals surface area (Å²) >= 11 is 1.69. The molecule has 1 aromatic carbocycles. The highest BCUT2D eigenvalue weighted by Gasteiger charge is 2.12. The molecule has 0 amide bonds. The molecule has 0 spiro atoms. The van der Waals surface area contributed by atoms with Gasteiger partial charge in [0.2, 0.25) is 0 Å². The second-order valence-electron chi connectivity index (χ2n) is 4.56. The molecule has 0 aliphatic heterocycles. The van der Waals surface area contributed by atoms with E-state index in [9.17, 15) is 0 Å². The van der Waals surface area contributed by atoms with Crippen LogP contribution in [0.3, 0.4) is 0 Å². The van der Waals surface area contributed by atoms with E-state index in [1.54, 1.807) is 11.3 Å². The number of ether oxygens (including phenoxy) is 1. The Labute approximate surface area is 118 Å². The van der Waals surface area contributed by atoms with Crippen molar-refractivity contribution < 1.29 is 4.74 Å². The van der Waals surface area contributed by atoms with Gasteiger partial charge in [-0.15, -0.1) is 11.3 Å². The highest BCUT2D eigenvalue weighted by Crippen LogP contribution is 2.21. The lowest BCUT2D eigenvalue weighted by molar-refractivity contribution is 0.0607. The molecule has 0 aliphatic rings. The maximum Gasteiger partial charge on any atom is 0.0949 e. The van der Waals surface area contributed by atoms with Gasteiger partial charge in [-0.3, -0.25) is 0 Å². The van der Waals surface area contributed by atoms with E-state index in [-0.39, 0.29) is 6.10 Å². The van der Waals surface area contributed by atoms with Gasteiger partial charge in [-0.05, 0) is 25.0 Å². The third kappa shape index (κ3) is 3.62. The van der Waals surface area contributed by atoms with Crippen LogP contribution < -0.4 is 5.73 Å². The zero-order chi connectivity index (χ0) is 13.7. The quantitative estimate of drug-likeness (QED) is 0.882. The SMILES string of the molecule is Cc1ccccc1C(CN)OCCc1scnc1C. The number of benzene rings is 1. The first-order chi connectivity index (χ1) is 9.22. The summed E-state index contributed by atoms with van der Waals surface area (Å²) in [6.07, 6.45) is 0.883. The molecule has 1 unspecified atom stereocenters. The number of hydrogen-bond acceptors (Lipinski definition) is 4. The molecule has 0 saturated carbocycles. The minimum absolute atomic E-state index is 0.0190. The van der Waals surface area contributed by atoms with Crippen LogP contribution in [0, 0.1) is 13.8 Å². The first-order valence-corrected chi connectivity index (χ1v) is 7.36. The second kappa shape index (κ2) is 6.80. The van der Waals surface area contributed by atoms with E-state index in [1.807, 2.05) is 24.6 Å². The standard InChI is InChI=1S/C15H20N2OS/c1-11-5-3-4-6-13(11)14(9-16)18-8-7-15-12(2)17-10-19-15/h3-6,10,14H,7-9,16H2,1-2H3. The number of aromatic nitrogens is 1. The molecular weight excluding hydrogens is 256 g/mol. The van der Waals surface area contributed by atoms with E-state index in [1.165, 1.54) is 16.0 Å². The fourth-order valence-electron chi connectivity index (χ4n) is 2.09. The topological polar surface area (TPSA) is 48.1 Å². The highest BCUT2D eigenvalue weighted by atomic mass is 32.1. The van der Waals surface area contributed by atoms with Crippen LogP contribution in [0.25, 0.3) is 0 Å². The molecule has 0 bridgehead atoms. The summed E-state index contributed by atoms with van der Waals surface area (Å²) < 4.78 is 5.94. The maximum absolute atomic E-state index is 5.94. The first-order valence-electron chi connectivity index (χ1n) is 6.48. The second-order valence-corrected chi connectivity index (χ2v) is 5.50. The largest absolute Gasteiger partial charge is 0.372 e. The molecule has 1 atom stereocenters. The van der Waals surface area contributed by atoms with E-state index in [0.29, 0.717) is 13.2 Å². The number of hydrogen-bond donors (Lipinski definition) is 1. The van der Waals surface area contributed by atoms with Gasteiger partial charge in [0.25, 0.3) is 0 Å². The van der Waals surface area contributed by atoms with E-state index < -0.39 is 0 Å². The van der Waals surface area contributed by atoms with Gasteiger partial charge >= 0.3 is 0 Å². The summed E-state index contributed by atoms with van der Waals surface area (Å²) in [5.41, 5.74) is 11.2. The van der Waals surface area contributed by atoms with Crippen LogP contribution in [0.15, 0.2) is 29.8 Å². The predicted octanol–water partition coefficient (Wildman–Crippen LogP) is 3.02. The Morgan fingerprint density at radius 1 is 1.32 bits per heavy atom. The Morgan fingerprint density at radius 3 is 2.74 bits per heavy atom. The Morgan fingerprint density at radius 2 is 2.11 bits per heavy atom. The van der Waals surface area contributed by atoms with Crippen LogP contribution >= 0.6 is 11.3 Å². The van der Waals surface area contributed by atoms with Gasteiger partial charge in [0.05, 0.1) is 23.9 Å². The number of nitrogens with two attached hydrogens (primary N) is 1. The van der Waals surface area contributed by atoms with Crippen molar-refractivity contribution in [1.82, 2.24) is 4.98 Å². The minimum atomic E-state index is -0.0190. The zero-order valence-electron chi connectivity index (χ0n) is 11.4. The molecule has 2 N–H and O–H groups in total. The summed E-state index contributed by atoms with van der Waals surface area (Å²) in [6.45, 7) is 5.31. The van der Waals surface area contributed by atoms with Crippen molar-refractivity contribution >= 4 is 11.3 Å². The van der Waals surface area contributed by atoms with Gasteiger partial charge in [0.1, 0.15) is 0 Å². The van der Waals surface area contributed by atoms with Crippen molar-refractivity contribution in [3.63, 3.8) is 0 Å². The summed E-state index contributed by atoms with van der Waals surface area (Å²) in [4.78, 5) is 5.54. The van der Waals surface area contributed by atoms with Crippen LogP contribution in [0.2, 0.25) is 0 Å². The molecule has 0 radical (unpaired) electrons. The van der Waals surface area contributed by atoms with Crippen molar-refractivity contribution in [3.8, 4) is 0 Å². The van der Waals surface area contributed by atoms with E-state index >= 15 is 0 Å². The Balaban J connectivity index is 1.93. The van der Waals surface area contributed by atoms with Crippen LogP contribution in [-0.2, 0) is 11.2 Å². The molecule has 0 saturated heterocycles. The van der Waals surface area contributed by atoms with Crippen molar-refractivity contribution in [1.29, 1.82) is 0 Å². The molecule has 102 valence electrons. The van der Waals surface area contributed by atoms with E-state index in [4.69, 9.17) is 10.5 Å². The fourth-order valence-corrected chi connectivity index (χ4v) is 2.86. The van der Waals surface area contributed by atoms with Crippen LogP contribution in [0.5, 0.6) is 0 Å². The number of aryl methyl sites for hydroxylation is 2. The Hall–Kier alpha value is -1.23. The zero-order valence-corrected chi connectivity index (χ0v) is 12.2. The van der Waals surface area contributed by atoms with Gasteiger partial charge in [0, 0.05) is 17.8 Å². The third-order valence-corrected chi connectivity index (χ3v) is 4.24. The lowest BCUT2D eigenvalue weighted by Gasteiger charge is -2.18. The molecule has 0 fully saturated rings. The molecular formula is C15H20N2OS. The average molecular weight is 276 g/mol. The number of rotatable bonds is 6. The van der Waals surface area contributed by atoms with Crippen LogP contribution in [0.4, 0.5) is 0 Å². The van der Waals surface area contributed by atoms with Gasteiger partial charge in [0.15, 0.2) is 0 Å². The van der Waals surface area contributed by atoms with Crippen LogP contribution in [0.1, 0.15) is 27.8 Å². The van der Waals surface area contributed by atoms with E-state index in [2.05, 4.69) is 24.0 Å². The lowest BCUT2D eigenvalue weighted by Crippen LogP contribution is -2.18. The van der Waals surface area contributed by atoms with Crippen molar-refractivity contribution in [2.45, 2.75) is 26.4 Å².